The van der Waals surface area contributed by atoms with E-state index in [2.05, 4.69) is 60.8 Å². The first kappa shape index (κ1) is 12.2. The van der Waals surface area contributed by atoms with Gasteiger partial charge in [-0.1, -0.05) is 49.4 Å². The van der Waals surface area contributed by atoms with E-state index in [4.69, 9.17) is 4.74 Å². The molecule has 98 valence electrons. The van der Waals surface area contributed by atoms with Crippen molar-refractivity contribution in [1.29, 1.82) is 0 Å². The fourth-order valence-electron chi connectivity index (χ4n) is 2.66. The van der Waals surface area contributed by atoms with Crippen molar-refractivity contribution >= 4 is 0 Å². The average molecular weight is 253 g/mol. The van der Waals surface area contributed by atoms with Gasteiger partial charge in [0.25, 0.3) is 0 Å². The molecule has 0 amide bonds. The molecule has 2 nitrogen and oxygen atoms in total. The molecule has 0 radical (unpaired) electrons. The van der Waals surface area contributed by atoms with Crippen LogP contribution in [-0.4, -0.2) is 13.2 Å². The smallest absolute Gasteiger partial charge is 0.122 e. The summed E-state index contributed by atoms with van der Waals surface area (Å²) in [5, 5.41) is 3.57. The highest BCUT2D eigenvalue weighted by Crippen LogP contribution is 2.30. The van der Waals surface area contributed by atoms with Crippen LogP contribution >= 0.6 is 0 Å². The monoisotopic (exact) mass is 253 g/mol. The van der Waals surface area contributed by atoms with Gasteiger partial charge in [0.1, 0.15) is 5.75 Å². The normalized spacial score (nSPS) is 14.8. The van der Waals surface area contributed by atoms with E-state index in [0.717, 1.165) is 25.3 Å². The number of rotatable bonds is 4. The number of hydrogen-bond donors (Lipinski definition) is 1. The highest BCUT2D eigenvalue weighted by molar-refractivity contribution is 5.43. The Bertz CT molecular complexity index is 550. The van der Waals surface area contributed by atoms with E-state index in [1.807, 2.05) is 0 Å². The first-order valence-corrected chi connectivity index (χ1v) is 6.92. The molecule has 2 heteroatoms. The number of benzene rings is 2. The van der Waals surface area contributed by atoms with Gasteiger partial charge in [-0.05, 0) is 29.3 Å². The second-order valence-electron chi connectivity index (χ2n) is 4.87. The van der Waals surface area contributed by atoms with E-state index in [1.54, 1.807) is 0 Å². The second kappa shape index (κ2) is 5.45. The zero-order chi connectivity index (χ0) is 13.1. The zero-order valence-corrected chi connectivity index (χ0v) is 11.2. The summed E-state index contributed by atoms with van der Waals surface area (Å²) in [6.45, 7) is 3.91. The third-order valence-electron chi connectivity index (χ3n) is 3.59. The van der Waals surface area contributed by atoms with Gasteiger partial charge in [-0.25, -0.2) is 0 Å². The predicted molar refractivity (Wildman–Crippen MR) is 77.6 cm³/mol. The molecule has 0 saturated heterocycles. The fourth-order valence-corrected chi connectivity index (χ4v) is 2.66. The summed E-state index contributed by atoms with van der Waals surface area (Å²) in [5.41, 5.74) is 3.96. The zero-order valence-electron chi connectivity index (χ0n) is 11.2. The van der Waals surface area contributed by atoms with Gasteiger partial charge in [-0.3, -0.25) is 0 Å². The highest BCUT2D eigenvalue weighted by Gasteiger charge is 2.17. The summed E-state index contributed by atoms with van der Waals surface area (Å²) >= 11 is 0. The van der Waals surface area contributed by atoms with E-state index in [9.17, 15) is 0 Å². The molecule has 2 aromatic carbocycles. The van der Waals surface area contributed by atoms with Crippen molar-refractivity contribution in [3.05, 3.63) is 65.2 Å². The van der Waals surface area contributed by atoms with Gasteiger partial charge >= 0.3 is 0 Å². The summed E-state index contributed by atoms with van der Waals surface area (Å²) in [6, 6.07) is 17.4. The van der Waals surface area contributed by atoms with Crippen LogP contribution < -0.4 is 10.1 Å². The van der Waals surface area contributed by atoms with Crippen LogP contribution in [0.15, 0.2) is 48.5 Å². The van der Waals surface area contributed by atoms with Crippen molar-refractivity contribution < 1.29 is 4.74 Å². The van der Waals surface area contributed by atoms with E-state index >= 15 is 0 Å². The van der Waals surface area contributed by atoms with E-state index < -0.39 is 0 Å². The minimum absolute atomic E-state index is 0.261. The van der Waals surface area contributed by atoms with Gasteiger partial charge in [0, 0.05) is 6.42 Å². The Morgan fingerprint density at radius 1 is 1.11 bits per heavy atom. The lowest BCUT2D eigenvalue weighted by atomic mass is 9.96. The number of hydrogen-bond acceptors (Lipinski definition) is 2. The fraction of sp³-hybridized carbons (Fsp3) is 0.294. The molecule has 1 N–H and O–H groups in total. The third kappa shape index (κ3) is 2.49. The Kier molecular flexibility index (Phi) is 3.51. The first-order valence-electron chi connectivity index (χ1n) is 6.92. The molecule has 3 rings (SSSR count). The Balaban J connectivity index is 1.96. The van der Waals surface area contributed by atoms with Gasteiger partial charge < -0.3 is 10.1 Å². The minimum atomic E-state index is 0.261. The second-order valence-corrected chi connectivity index (χ2v) is 4.87. The van der Waals surface area contributed by atoms with Crippen molar-refractivity contribution in [2.24, 2.45) is 0 Å². The Hall–Kier alpha value is -1.80. The molecular weight excluding hydrogens is 234 g/mol. The van der Waals surface area contributed by atoms with Gasteiger partial charge in [-0.15, -0.1) is 0 Å². The third-order valence-corrected chi connectivity index (χ3v) is 3.59. The van der Waals surface area contributed by atoms with Gasteiger partial charge in [0.2, 0.25) is 0 Å². The standard InChI is InChI=1S/C17H19NO/c1-2-18-17(13-6-4-3-5-7-13)15-8-9-16-14(12-15)10-11-19-16/h3-9,12,17-18H,2,10-11H2,1H3. The lowest BCUT2D eigenvalue weighted by Gasteiger charge is -2.19. The van der Waals surface area contributed by atoms with Crippen LogP contribution in [0.25, 0.3) is 0 Å². The molecule has 0 saturated carbocycles. The molecule has 1 heterocycles. The molecule has 2 aromatic rings. The Morgan fingerprint density at radius 3 is 2.74 bits per heavy atom. The predicted octanol–water partition coefficient (Wildman–Crippen LogP) is 3.32. The molecule has 1 atom stereocenters. The quantitative estimate of drug-likeness (QED) is 0.902. The molecule has 0 spiro atoms. The van der Waals surface area contributed by atoms with Crippen LogP contribution in [-0.2, 0) is 6.42 Å². The van der Waals surface area contributed by atoms with Crippen molar-refractivity contribution in [2.45, 2.75) is 19.4 Å². The molecule has 0 fully saturated rings. The van der Waals surface area contributed by atoms with Crippen molar-refractivity contribution in [3.8, 4) is 5.75 Å². The van der Waals surface area contributed by atoms with Crippen LogP contribution in [0.3, 0.4) is 0 Å². The molecule has 1 unspecified atom stereocenters. The summed E-state index contributed by atoms with van der Waals surface area (Å²) in [7, 11) is 0. The van der Waals surface area contributed by atoms with Crippen molar-refractivity contribution in [3.63, 3.8) is 0 Å². The summed E-state index contributed by atoms with van der Waals surface area (Å²) in [6.07, 6.45) is 1.02. The maximum Gasteiger partial charge on any atom is 0.122 e. The number of nitrogens with one attached hydrogen (secondary N) is 1. The maximum atomic E-state index is 5.58. The molecule has 0 aromatic heterocycles. The first-order chi connectivity index (χ1) is 9.38. The largest absolute Gasteiger partial charge is 0.493 e. The molecule has 19 heavy (non-hydrogen) atoms. The summed E-state index contributed by atoms with van der Waals surface area (Å²) in [5.74, 6) is 1.05. The summed E-state index contributed by atoms with van der Waals surface area (Å²) in [4.78, 5) is 0. The summed E-state index contributed by atoms with van der Waals surface area (Å²) < 4.78 is 5.58. The van der Waals surface area contributed by atoms with Gasteiger partial charge in [0.05, 0.1) is 12.6 Å². The topological polar surface area (TPSA) is 21.3 Å². The maximum absolute atomic E-state index is 5.58. The molecular formula is C17H19NO. The average Bonchev–Trinajstić information content (AvgIpc) is 2.93. The molecule has 1 aliphatic heterocycles. The molecule has 0 bridgehead atoms. The van der Waals surface area contributed by atoms with Crippen LogP contribution in [0.2, 0.25) is 0 Å². The SMILES string of the molecule is CCNC(c1ccccc1)c1ccc2c(c1)CCO2. The van der Waals surface area contributed by atoms with Crippen molar-refractivity contribution in [2.75, 3.05) is 13.2 Å². The van der Waals surface area contributed by atoms with Crippen LogP contribution in [0, 0.1) is 0 Å². The van der Waals surface area contributed by atoms with Crippen LogP contribution in [0.5, 0.6) is 5.75 Å². The Labute approximate surface area is 114 Å². The van der Waals surface area contributed by atoms with Crippen LogP contribution in [0.1, 0.15) is 29.7 Å². The van der Waals surface area contributed by atoms with Gasteiger partial charge in [-0.2, -0.15) is 0 Å². The van der Waals surface area contributed by atoms with Gasteiger partial charge in [0.15, 0.2) is 0 Å². The van der Waals surface area contributed by atoms with E-state index in [-0.39, 0.29) is 6.04 Å². The lowest BCUT2D eigenvalue weighted by molar-refractivity contribution is 0.357. The molecule has 0 aliphatic carbocycles. The van der Waals surface area contributed by atoms with E-state index in [0.29, 0.717) is 0 Å². The van der Waals surface area contributed by atoms with Crippen LogP contribution in [0.4, 0.5) is 0 Å². The van der Waals surface area contributed by atoms with Crippen molar-refractivity contribution in [1.82, 2.24) is 5.32 Å². The van der Waals surface area contributed by atoms with E-state index in [1.165, 1.54) is 16.7 Å². The highest BCUT2D eigenvalue weighted by atomic mass is 16.5. The Morgan fingerprint density at radius 2 is 1.95 bits per heavy atom. The minimum Gasteiger partial charge on any atom is -0.493 e. The number of fused-ring (bicyclic) bond motifs is 1. The lowest BCUT2D eigenvalue weighted by Crippen LogP contribution is -2.21. The number of ether oxygens (including phenoxy) is 1. The molecule has 1 aliphatic rings.